The molecule has 0 fully saturated rings. The lowest BCUT2D eigenvalue weighted by atomic mass is 10.2. The summed E-state index contributed by atoms with van der Waals surface area (Å²) in [5, 5.41) is 0. The van der Waals surface area contributed by atoms with E-state index in [4.69, 9.17) is 4.74 Å². The molecular formula is C11H18N2O2. The standard InChI is InChI=1S/C11H18N2O2/c1-3-7-10(11(14)15-4-2)12-13-8-5-6-9-13/h5-6,8-10,12H,3-4,7H2,1-2H3. The van der Waals surface area contributed by atoms with Gasteiger partial charge in [-0.1, -0.05) is 13.3 Å². The summed E-state index contributed by atoms with van der Waals surface area (Å²) in [6.07, 6.45) is 5.44. The highest BCUT2D eigenvalue weighted by Crippen LogP contribution is 2.02. The molecule has 0 saturated heterocycles. The molecule has 0 amide bonds. The van der Waals surface area contributed by atoms with Gasteiger partial charge in [0, 0.05) is 12.4 Å². The van der Waals surface area contributed by atoms with Crippen molar-refractivity contribution in [2.24, 2.45) is 0 Å². The van der Waals surface area contributed by atoms with Crippen LogP contribution in [0.15, 0.2) is 24.5 Å². The van der Waals surface area contributed by atoms with E-state index in [9.17, 15) is 4.79 Å². The second-order valence-corrected chi connectivity index (χ2v) is 3.31. The van der Waals surface area contributed by atoms with Gasteiger partial charge in [-0.05, 0) is 25.5 Å². The molecule has 1 unspecified atom stereocenters. The number of carbonyl (C=O) groups is 1. The molecule has 1 N–H and O–H groups in total. The molecule has 0 saturated carbocycles. The highest BCUT2D eigenvalue weighted by atomic mass is 16.5. The van der Waals surface area contributed by atoms with Crippen molar-refractivity contribution < 1.29 is 9.53 Å². The first kappa shape index (κ1) is 11.6. The third-order valence-corrected chi connectivity index (χ3v) is 2.06. The Morgan fingerprint density at radius 3 is 2.60 bits per heavy atom. The van der Waals surface area contributed by atoms with Crippen LogP contribution < -0.4 is 5.43 Å². The highest BCUT2D eigenvalue weighted by molar-refractivity contribution is 5.77. The van der Waals surface area contributed by atoms with Crippen molar-refractivity contribution in [2.45, 2.75) is 32.7 Å². The van der Waals surface area contributed by atoms with Crippen molar-refractivity contribution >= 4 is 5.97 Å². The van der Waals surface area contributed by atoms with E-state index in [1.807, 2.05) is 38.4 Å². The number of esters is 1. The normalized spacial score (nSPS) is 12.1. The molecular weight excluding hydrogens is 192 g/mol. The molecule has 84 valence electrons. The lowest BCUT2D eigenvalue weighted by Crippen LogP contribution is -2.36. The summed E-state index contributed by atoms with van der Waals surface area (Å²) in [7, 11) is 0. The molecule has 1 rings (SSSR count). The van der Waals surface area contributed by atoms with E-state index in [1.165, 1.54) is 0 Å². The summed E-state index contributed by atoms with van der Waals surface area (Å²) in [5.74, 6) is -0.187. The summed E-state index contributed by atoms with van der Waals surface area (Å²) >= 11 is 0. The highest BCUT2D eigenvalue weighted by Gasteiger charge is 2.18. The minimum Gasteiger partial charge on any atom is -0.464 e. The van der Waals surface area contributed by atoms with Crippen LogP contribution in [0, 0.1) is 0 Å². The van der Waals surface area contributed by atoms with Crippen molar-refractivity contribution in [2.75, 3.05) is 12.0 Å². The van der Waals surface area contributed by atoms with Gasteiger partial charge in [0.25, 0.3) is 0 Å². The van der Waals surface area contributed by atoms with Gasteiger partial charge >= 0.3 is 5.97 Å². The van der Waals surface area contributed by atoms with Crippen molar-refractivity contribution in [3.8, 4) is 0 Å². The van der Waals surface area contributed by atoms with Gasteiger partial charge in [-0.25, -0.2) is 4.79 Å². The van der Waals surface area contributed by atoms with Gasteiger partial charge in [0.15, 0.2) is 0 Å². The zero-order valence-electron chi connectivity index (χ0n) is 9.27. The van der Waals surface area contributed by atoms with Crippen molar-refractivity contribution in [1.82, 2.24) is 4.68 Å². The Bertz CT molecular complexity index is 283. The fraction of sp³-hybridized carbons (Fsp3) is 0.545. The summed E-state index contributed by atoms with van der Waals surface area (Å²) in [5.41, 5.74) is 3.09. The average Bonchev–Trinajstić information content (AvgIpc) is 2.70. The number of rotatable bonds is 6. The number of nitrogens with zero attached hydrogens (tertiary/aromatic N) is 1. The summed E-state index contributed by atoms with van der Waals surface area (Å²) in [4.78, 5) is 11.6. The van der Waals surface area contributed by atoms with Gasteiger partial charge in [0.05, 0.1) is 6.61 Å². The minimum atomic E-state index is -0.262. The van der Waals surface area contributed by atoms with Crippen LogP contribution in [0.3, 0.4) is 0 Å². The minimum absolute atomic E-state index is 0.187. The van der Waals surface area contributed by atoms with Crippen LogP contribution in [0.1, 0.15) is 26.7 Å². The maximum atomic E-state index is 11.6. The van der Waals surface area contributed by atoms with Crippen molar-refractivity contribution in [3.05, 3.63) is 24.5 Å². The zero-order chi connectivity index (χ0) is 11.1. The van der Waals surface area contributed by atoms with E-state index < -0.39 is 0 Å². The lowest BCUT2D eigenvalue weighted by Gasteiger charge is -2.18. The fourth-order valence-electron chi connectivity index (χ4n) is 1.37. The van der Waals surface area contributed by atoms with Gasteiger partial charge < -0.3 is 10.2 Å². The topological polar surface area (TPSA) is 43.3 Å². The van der Waals surface area contributed by atoms with E-state index in [2.05, 4.69) is 5.43 Å². The van der Waals surface area contributed by atoms with E-state index >= 15 is 0 Å². The Labute approximate surface area is 90.2 Å². The number of hydrogen-bond acceptors (Lipinski definition) is 3. The Morgan fingerprint density at radius 1 is 1.40 bits per heavy atom. The molecule has 1 aromatic heterocycles. The summed E-state index contributed by atoms with van der Waals surface area (Å²) < 4.78 is 6.77. The quantitative estimate of drug-likeness (QED) is 0.728. The molecule has 0 spiro atoms. The van der Waals surface area contributed by atoms with Crippen LogP contribution in [-0.4, -0.2) is 23.3 Å². The molecule has 1 atom stereocenters. The second-order valence-electron chi connectivity index (χ2n) is 3.31. The Kier molecular flexibility index (Phi) is 4.74. The van der Waals surface area contributed by atoms with E-state index in [0.717, 1.165) is 12.8 Å². The van der Waals surface area contributed by atoms with Crippen LogP contribution in [0.25, 0.3) is 0 Å². The predicted molar refractivity (Wildman–Crippen MR) is 59.1 cm³/mol. The molecule has 0 radical (unpaired) electrons. The maximum Gasteiger partial charge on any atom is 0.330 e. The van der Waals surface area contributed by atoms with Crippen molar-refractivity contribution in [1.29, 1.82) is 0 Å². The number of hydrogen-bond donors (Lipinski definition) is 1. The average molecular weight is 210 g/mol. The monoisotopic (exact) mass is 210 g/mol. The molecule has 0 aliphatic rings. The van der Waals surface area contributed by atoms with E-state index in [1.54, 1.807) is 4.68 Å². The lowest BCUT2D eigenvalue weighted by molar-refractivity contribution is -0.144. The predicted octanol–water partition coefficient (Wildman–Crippen LogP) is 1.76. The Morgan fingerprint density at radius 2 is 2.07 bits per heavy atom. The first-order valence-electron chi connectivity index (χ1n) is 5.34. The Balaban J connectivity index is 2.53. The molecule has 4 heteroatoms. The number of ether oxygens (including phenoxy) is 1. The number of carbonyl (C=O) groups excluding carboxylic acids is 1. The Hall–Kier alpha value is -1.45. The largest absolute Gasteiger partial charge is 0.464 e. The van der Waals surface area contributed by atoms with Gasteiger partial charge in [0.2, 0.25) is 0 Å². The second kappa shape index (κ2) is 6.11. The van der Waals surface area contributed by atoms with Gasteiger partial charge in [-0.15, -0.1) is 0 Å². The molecule has 0 aliphatic heterocycles. The number of aromatic nitrogens is 1. The van der Waals surface area contributed by atoms with Gasteiger partial charge in [-0.3, -0.25) is 4.68 Å². The van der Waals surface area contributed by atoms with Crippen LogP contribution in [0.4, 0.5) is 0 Å². The molecule has 0 bridgehead atoms. The zero-order valence-corrected chi connectivity index (χ0v) is 9.27. The molecule has 0 aliphatic carbocycles. The third kappa shape index (κ3) is 3.65. The fourth-order valence-corrected chi connectivity index (χ4v) is 1.37. The van der Waals surface area contributed by atoms with Crippen LogP contribution in [-0.2, 0) is 9.53 Å². The molecule has 1 heterocycles. The number of nitrogens with one attached hydrogen (secondary N) is 1. The van der Waals surface area contributed by atoms with Gasteiger partial charge in [-0.2, -0.15) is 0 Å². The van der Waals surface area contributed by atoms with E-state index in [0.29, 0.717) is 6.61 Å². The molecule has 1 aromatic rings. The molecule has 15 heavy (non-hydrogen) atoms. The maximum absolute atomic E-state index is 11.6. The first-order chi connectivity index (χ1) is 7.27. The van der Waals surface area contributed by atoms with Gasteiger partial charge in [0.1, 0.15) is 6.04 Å². The SMILES string of the molecule is CCCC(Nn1cccc1)C(=O)OCC. The van der Waals surface area contributed by atoms with Crippen LogP contribution in [0.5, 0.6) is 0 Å². The summed E-state index contributed by atoms with van der Waals surface area (Å²) in [6.45, 7) is 4.28. The summed E-state index contributed by atoms with van der Waals surface area (Å²) in [6, 6.07) is 3.55. The van der Waals surface area contributed by atoms with Crippen molar-refractivity contribution in [3.63, 3.8) is 0 Å². The van der Waals surface area contributed by atoms with Crippen LogP contribution >= 0.6 is 0 Å². The molecule has 0 aromatic carbocycles. The van der Waals surface area contributed by atoms with Crippen LogP contribution in [0.2, 0.25) is 0 Å². The third-order valence-electron chi connectivity index (χ3n) is 2.06. The molecule has 4 nitrogen and oxygen atoms in total. The van der Waals surface area contributed by atoms with E-state index in [-0.39, 0.29) is 12.0 Å². The smallest absolute Gasteiger partial charge is 0.330 e. The first-order valence-corrected chi connectivity index (χ1v) is 5.34.